The van der Waals surface area contributed by atoms with Gasteiger partial charge in [-0.25, -0.2) is 0 Å². The number of aliphatic hydroxyl groups is 1. The molecule has 0 saturated carbocycles. The Morgan fingerprint density at radius 3 is 2.04 bits per heavy atom. The first-order valence-corrected chi connectivity index (χ1v) is 8.77. The monoisotopic (exact) mass is 378 g/mol. The molecule has 138 valence electrons. The lowest BCUT2D eigenvalue weighted by Gasteiger charge is -2.23. The third kappa shape index (κ3) is 10.4. The molecule has 24 heavy (non-hydrogen) atoms. The number of hydrogen-bond acceptors (Lipinski definition) is 5. The van der Waals surface area contributed by atoms with Crippen LogP contribution in [0.15, 0.2) is 12.1 Å². The molecule has 0 spiro atoms. The molecule has 0 aliphatic carbocycles. The number of rotatable bonds is 6. The maximum atomic E-state index is 10.0. The molecule has 5 nitrogen and oxygen atoms in total. The van der Waals surface area contributed by atoms with Gasteiger partial charge in [-0.3, -0.25) is 0 Å². The Morgan fingerprint density at radius 1 is 1.21 bits per heavy atom. The van der Waals surface area contributed by atoms with E-state index in [0.717, 1.165) is 12.8 Å². The summed E-state index contributed by atoms with van der Waals surface area (Å²) in [6, 6.07) is 3.27. The van der Waals surface area contributed by atoms with E-state index in [1.165, 1.54) is 0 Å². The molecule has 0 bridgehead atoms. The fourth-order valence-corrected chi connectivity index (χ4v) is 2.21. The van der Waals surface area contributed by atoms with Crippen LogP contribution in [0.4, 0.5) is 5.69 Å². The van der Waals surface area contributed by atoms with E-state index < -0.39 is 13.2 Å². The van der Waals surface area contributed by atoms with E-state index in [2.05, 4.69) is 5.32 Å². The molecule has 1 atom stereocenters. The molecule has 1 rings (SSSR count). The Bertz CT molecular complexity index is 474. The summed E-state index contributed by atoms with van der Waals surface area (Å²) in [5.74, 6) is 0. The summed E-state index contributed by atoms with van der Waals surface area (Å²) in [6.07, 6.45) is 1.77. The van der Waals surface area contributed by atoms with Crippen molar-refractivity contribution in [2.75, 3.05) is 12.3 Å². The van der Waals surface area contributed by atoms with Crippen LogP contribution >= 0.6 is 23.2 Å². The molecule has 1 unspecified atom stereocenters. The average Bonchev–Trinajstić information content (AvgIpc) is 2.47. The Hall–Kier alpha value is -0.495. The first-order chi connectivity index (χ1) is 11.0. The number of β-amino-alcohol motifs (C(OH)–C–C–N with tert-alkyl or cyclic N) is 1. The number of nitrogens with one attached hydrogen (secondary N) is 1. The van der Waals surface area contributed by atoms with E-state index in [-0.39, 0.29) is 5.54 Å². The first-order valence-electron chi connectivity index (χ1n) is 8.01. The predicted molar refractivity (Wildman–Crippen MR) is 103 cm³/mol. The Kier molecular flexibility index (Phi) is 11.0. The summed E-state index contributed by atoms with van der Waals surface area (Å²) in [6.45, 7) is 8.54. The van der Waals surface area contributed by atoms with Crippen LogP contribution in [-0.2, 0) is 0 Å². The van der Waals surface area contributed by atoms with Gasteiger partial charge >= 0.3 is 7.12 Å². The molecule has 8 heteroatoms. The van der Waals surface area contributed by atoms with E-state index in [4.69, 9.17) is 39.0 Å². The van der Waals surface area contributed by atoms with Gasteiger partial charge in [0.2, 0.25) is 0 Å². The molecular formula is C16H29BCl2N2O3. The van der Waals surface area contributed by atoms with Crippen molar-refractivity contribution in [3.8, 4) is 0 Å². The van der Waals surface area contributed by atoms with Gasteiger partial charge in [-0.2, -0.15) is 0 Å². The topological polar surface area (TPSA) is 98.7 Å². The summed E-state index contributed by atoms with van der Waals surface area (Å²) < 4.78 is 0. The highest BCUT2D eigenvalue weighted by molar-refractivity contribution is 6.40. The molecule has 6 N–H and O–H groups in total. The van der Waals surface area contributed by atoms with Crippen LogP contribution in [0.25, 0.3) is 0 Å². The number of aliphatic hydroxyl groups excluding tert-OH is 1. The summed E-state index contributed by atoms with van der Waals surface area (Å²) in [4.78, 5) is 0. The molecule has 0 heterocycles. The highest BCUT2D eigenvalue weighted by Gasteiger charge is 2.15. The minimum absolute atomic E-state index is 0.0532. The fourth-order valence-electron chi connectivity index (χ4n) is 1.70. The lowest BCUT2D eigenvalue weighted by Crippen LogP contribution is -2.38. The van der Waals surface area contributed by atoms with E-state index in [9.17, 15) is 5.11 Å². The zero-order valence-electron chi connectivity index (χ0n) is 14.8. The van der Waals surface area contributed by atoms with Crippen LogP contribution < -0.4 is 11.1 Å². The van der Waals surface area contributed by atoms with Crippen LogP contribution in [0.2, 0.25) is 16.4 Å². The molecule has 0 fully saturated rings. The van der Waals surface area contributed by atoms with E-state index in [0.29, 0.717) is 34.2 Å². The van der Waals surface area contributed by atoms with Crippen molar-refractivity contribution in [2.45, 2.75) is 58.5 Å². The van der Waals surface area contributed by atoms with E-state index >= 15 is 0 Å². The van der Waals surface area contributed by atoms with Crippen molar-refractivity contribution >= 4 is 36.0 Å². The summed E-state index contributed by atoms with van der Waals surface area (Å²) >= 11 is 11.8. The standard InChI is InChI=1S/C12H18Cl2N2O.C4H11BO2/c1-12(2,3)16-6-10(17)7-4-8(13)11(15)9(14)5-7;1-2-3-4-5(6)7/h4-5,10,16-17H,6,15H2,1-3H3;6-7H,2-4H2,1H3. The number of nitrogens with two attached hydrogens (primary N) is 1. The van der Waals surface area contributed by atoms with Crippen LogP contribution in [0, 0.1) is 0 Å². The van der Waals surface area contributed by atoms with Crippen molar-refractivity contribution in [1.82, 2.24) is 5.32 Å². The molecule has 0 amide bonds. The second-order valence-electron chi connectivity index (χ2n) is 6.67. The van der Waals surface area contributed by atoms with Gasteiger partial charge in [0, 0.05) is 12.1 Å². The van der Waals surface area contributed by atoms with Crippen LogP contribution in [0.5, 0.6) is 0 Å². The van der Waals surface area contributed by atoms with Gasteiger partial charge in [-0.15, -0.1) is 0 Å². The molecular weight excluding hydrogens is 350 g/mol. The van der Waals surface area contributed by atoms with Gasteiger partial charge in [-0.05, 0) is 44.8 Å². The number of nitrogen functional groups attached to an aromatic ring is 1. The second-order valence-corrected chi connectivity index (χ2v) is 7.48. The maximum Gasteiger partial charge on any atom is 0.451 e. The number of anilines is 1. The van der Waals surface area contributed by atoms with E-state index in [1.54, 1.807) is 12.1 Å². The maximum absolute atomic E-state index is 10.0. The third-order valence-electron chi connectivity index (χ3n) is 3.13. The highest BCUT2D eigenvalue weighted by Crippen LogP contribution is 2.31. The molecule has 0 radical (unpaired) electrons. The molecule has 1 aromatic rings. The SMILES string of the molecule is CC(C)(C)NCC(O)c1cc(Cl)c(N)c(Cl)c1.CCCCB(O)O. The van der Waals surface area contributed by atoms with Crippen LogP contribution in [-0.4, -0.2) is 34.4 Å². The van der Waals surface area contributed by atoms with Gasteiger partial charge in [0.25, 0.3) is 0 Å². The second kappa shape index (κ2) is 11.2. The number of benzene rings is 1. The molecule has 0 aliphatic heterocycles. The smallest absolute Gasteiger partial charge is 0.427 e. The molecule has 0 aliphatic rings. The Morgan fingerprint density at radius 2 is 1.71 bits per heavy atom. The minimum atomic E-state index is -1.10. The molecule has 0 saturated heterocycles. The summed E-state index contributed by atoms with van der Waals surface area (Å²) in [5.41, 5.74) is 6.58. The number of hydrogen-bond donors (Lipinski definition) is 5. The zero-order valence-corrected chi connectivity index (χ0v) is 16.3. The van der Waals surface area contributed by atoms with Gasteiger partial charge in [0.1, 0.15) is 0 Å². The molecule has 1 aromatic carbocycles. The number of halogens is 2. The van der Waals surface area contributed by atoms with Crippen LogP contribution in [0.3, 0.4) is 0 Å². The van der Waals surface area contributed by atoms with Crippen molar-refractivity contribution in [1.29, 1.82) is 0 Å². The van der Waals surface area contributed by atoms with Crippen molar-refractivity contribution in [2.24, 2.45) is 0 Å². The fraction of sp³-hybridized carbons (Fsp3) is 0.625. The minimum Gasteiger partial charge on any atom is -0.427 e. The van der Waals surface area contributed by atoms with Crippen molar-refractivity contribution in [3.05, 3.63) is 27.7 Å². The highest BCUT2D eigenvalue weighted by atomic mass is 35.5. The van der Waals surface area contributed by atoms with Gasteiger partial charge in [-0.1, -0.05) is 43.0 Å². The Balaban J connectivity index is 0.000000640. The van der Waals surface area contributed by atoms with E-state index in [1.807, 2.05) is 27.7 Å². The Labute approximate surface area is 155 Å². The number of unbranched alkanes of at least 4 members (excludes halogenated alkanes) is 1. The summed E-state index contributed by atoms with van der Waals surface area (Å²) in [7, 11) is -1.10. The van der Waals surface area contributed by atoms with Gasteiger partial charge in [0.15, 0.2) is 0 Å². The zero-order chi connectivity index (χ0) is 18.9. The normalized spacial score (nSPS) is 12.4. The van der Waals surface area contributed by atoms with Gasteiger partial charge in [0.05, 0.1) is 21.8 Å². The van der Waals surface area contributed by atoms with Crippen molar-refractivity contribution < 1.29 is 15.2 Å². The summed E-state index contributed by atoms with van der Waals surface area (Å²) in [5, 5.41) is 30.4. The predicted octanol–water partition coefficient (Wildman–Crippen LogP) is 3.26. The lowest BCUT2D eigenvalue weighted by molar-refractivity contribution is 0.163. The third-order valence-corrected chi connectivity index (χ3v) is 3.75. The van der Waals surface area contributed by atoms with Crippen LogP contribution in [0.1, 0.15) is 52.2 Å². The largest absolute Gasteiger partial charge is 0.451 e. The molecule has 0 aromatic heterocycles. The van der Waals surface area contributed by atoms with Gasteiger partial charge < -0.3 is 26.2 Å². The average molecular weight is 379 g/mol. The lowest BCUT2D eigenvalue weighted by atomic mass is 9.84. The quantitative estimate of drug-likeness (QED) is 0.386. The first kappa shape index (κ1) is 23.5. The van der Waals surface area contributed by atoms with Crippen molar-refractivity contribution in [3.63, 3.8) is 0 Å².